The van der Waals surface area contributed by atoms with Gasteiger partial charge in [0.2, 0.25) is 0 Å². The van der Waals surface area contributed by atoms with E-state index in [9.17, 15) is 20.1 Å². The van der Waals surface area contributed by atoms with E-state index in [-0.39, 0.29) is 6.42 Å². The summed E-state index contributed by atoms with van der Waals surface area (Å²) >= 11 is 0. The summed E-state index contributed by atoms with van der Waals surface area (Å²) in [5.74, 6) is -0.523. The van der Waals surface area contributed by atoms with Crippen LogP contribution in [-0.2, 0) is 9.53 Å². The minimum atomic E-state index is -1.72. The van der Waals surface area contributed by atoms with Crippen molar-refractivity contribution in [2.24, 2.45) is 5.73 Å². The zero-order valence-electron chi connectivity index (χ0n) is 11.4. The second-order valence-corrected chi connectivity index (χ2v) is 4.58. The van der Waals surface area contributed by atoms with Crippen LogP contribution in [0.5, 0.6) is 0 Å². The summed E-state index contributed by atoms with van der Waals surface area (Å²) in [5, 5.41) is 46.0. The molecule has 20 heavy (non-hydrogen) atoms. The molecule has 0 spiro atoms. The van der Waals surface area contributed by atoms with Crippen LogP contribution >= 0.6 is 0 Å². The molecule has 4 unspecified atom stereocenters. The van der Waals surface area contributed by atoms with Crippen LogP contribution in [0.3, 0.4) is 0 Å². The SMILES string of the molecule is NCCCCCC(=O)OCC(O)C(O)C(O)C(O)CO. The average Bonchev–Trinajstić information content (AvgIpc) is 2.46. The molecule has 0 aliphatic heterocycles. The van der Waals surface area contributed by atoms with E-state index in [4.69, 9.17) is 20.7 Å². The molecular weight excluding hydrogens is 270 g/mol. The summed E-state index contributed by atoms with van der Waals surface area (Å²) in [6, 6.07) is 0. The largest absolute Gasteiger partial charge is 0.463 e. The molecule has 0 aliphatic rings. The van der Waals surface area contributed by atoms with Crippen LogP contribution in [-0.4, -0.2) is 75.7 Å². The lowest BCUT2D eigenvalue weighted by molar-refractivity contribution is -0.156. The summed E-state index contributed by atoms with van der Waals surface area (Å²) in [6.07, 6.45) is -4.13. The maximum Gasteiger partial charge on any atom is 0.305 e. The van der Waals surface area contributed by atoms with Crippen LogP contribution in [0.4, 0.5) is 0 Å². The van der Waals surface area contributed by atoms with Gasteiger partial charge in [-0.3, -0.25) is 4.79 Å². The standard InChI is InChI=1S/C12H25NO7/c13-5-3-1-2-4-10(17)20-7-9(16)12(19)11(18)8(15)6-14/h8-9,11-12,14-16,18-19H,1-7,13H2. The van der Waals surface area contributed by atoms with Crippen molar-refractivity contribution in [2.45, 2.75) is 50.1 Å². The monoisotopic (exact) mass is 295 g/mol. The highest BCUT2D eigenvalue weighted by atomic mass is 16.5. The Hall–Kier alpha value is -0.770. The third kappa shape index (κ3) is 7.73. The number of hydrogen-bond donors (Lipinski definition) is 6. The van der Waals surface area contributed by atoms with Gasteiger partial charge in [0.05, 0.1) is 6.61 Å². The molecule has 0 heterocycles. The van der Waals surface area contributed by atoms with Crippen LogP contribution in [0.1, 0.15) is 25.7 Å². The normalized spacial score (nSPS) is 17.3. The number of ether oxygens (including phenoxy) is 1. The van der Waals surface area contributed by atoms with E-state index in [0.717, 1.165) is 12.8 Å². The molecule has 120 valence electrons. The van der Waals surface area contributed by atoms with Crippen molar-refractivity contribution in [3.8, 4) is 0 Å². The zero-order chi connectivity index (χ0) is 15.5. The molecule has 0 bridgehead atoms. The van der Waals surface area contributed by atoms with Gasteiger partial charge >= 0.3 is 5.97 Å². The molecule has 0 rings (SSSR count). The van der Waals surface area contributed by atoms with E-state index in [1.54, 1.807) is 0 Å². The first kappa shape index (κ1) is 19.2. The molecular formula is C12H25NO7. The minimum Gasteiger partial charge on any atom is -0.463 e. The van der Waals surface area contributed by atoms with E-state index in [1.165, 1.54) is 0 Å². The van der Waals surface area contributed by atoms with Crippen LogP contribution in [0.2, 0.25) is 0 Å². The molecule has 4 atom stereocenters. The quantitative estimate of drug-likeness (QED) is 0.180. The van der Waals surface area contributed by atoms with Crippen molar-refractivity contribution in [3.63, 3.8) is 0 Å². The second-order valence-electron chi connectivity index (χ2n) is 4.58. The lowest BCUT2D eigenvalue weighted by Gasteiger charge is -2.25. The molecule has 0 aromatic carbocycles. The number of unbranched alkanes of at least 4 members (excludes halogenated alkanes) is 2. The summed E-state index contributed by atoms with van der Waals surface area (Å²) in [7, 11) is 0. The number of carbonyl (C=O) groups is 1. The topological polar surface area (TPSA) is 153 Å². The van der Waals surface area contributed by atoms with Gasteiger partial charge in [0, 0.05) is 6.42 Å². The van der Waals surface area contributed by atoms with Gasteiger partial charge in [0.25, 0.3) is 0 Å². The summed E-state index contributed by atoms with van der Waals surface area (Å²) in [5.41, 5.74) is 5.30. The number of esters is 1. The Kier molecular flexibility index (Phi) is 10.5. The van der Waals surface area contributed by atoms with E-state index < -0.39 is 43.6 Å². The van der Waals surface area contributed by atoms with E-state index in [2.05, 4.69) is 0 Å². The van der Waals surface area contributed by atoms with Crippen molar-refractivity contribution in [1.82, 2.24) is 0 Å². The van der Waals surface area contributed by atoms with Gasteiger partial charge < -0.3 is 36.0 Å². The molecule has 0 aromatic rings. The molecule has 0 saturated heterocycles. The molecule has 8 nitrogen and oxygen atoms in total. The smallest absolute Gasteiger partial charge is 0.305 e. The molecule has 0 aliphatic carbocycles. The van der Waals surface area contributed by atoms with E-state index >= 15 is 0 Å². The van der Waals surface area contributed by atoms with Gasteiger partial charge in [0.15, 0.2) is 0 Å². The first-order chi connectivity index (χ1) is 9.43. The van der Waals surface area contributed by atoms with E-state index in [0.29, 0.717) is 13.0 Å². The predicted molar refractivity (Wildman–Crippen MR) is 69.6 cm³/mol. The maximum atomic E-state index is 11.3. The average molecular weight is 295 g/mol. The number of carbonyl (C=O) groups excluding carboxylic acids is 1. The lowest BCUT2D eigenvalue weighted by atomic mass is 10.0. The predicted octanol–water partition coefficient (Wildman–Crippen LogP) is -2.52. The Bertz CT molecular complexity index is 264. The van der Waals surface area contributed by atoms with Crippen molar-refractivity contribution in [3.05, 3.63) is 0 Å². The van der Waals surface area contributed by atoms with Crippen LogP contribution in [0, 0.1) is 0 Å². The third-order valence-electron chi connectivity index (χ3n) is 2.83. The Labute approximate surface area is 117 Å². The first-order valence-electron chi connectivity index (χ1n) is 6.62. The molecule has 0 fully saturated rings. The van der Waals surface area contributed by atoms with Crippen molar-refractivity contribution in [1.29, 1.82) is 0 Å². The molecule has 0 amide bonds. The van der Waals surface area contributed by atoms with Crippen LogP contribution < -0.4 is 5.73 Å². The fourth-order valence-corrected chi connectivity index (χ4v) is 1.50. The summed E-state index contributed by atoms with van der Waals surface area (Å²) < 4.78 is 4.73. The first-order valence-corrected chi connectivity index (χ1v) is 6.62. The maximum absolute atomic E-state index is 11.3. The fraction of sp³-hybridized carbons (Fsp3) is 0.917. The Morgan fingerprint density at radius 3 is 2.15 bits per heavy atom. The number of aliphatic hydroxyl groups is 5. The van der Waals surface area contributed by atoms with Gasteiger partial charge in [-0.25, -0.2) is 0 Å². The minimum absolute atomic E-state index is 0.185. The Balaban J connectivity index is 3.90. The summed E-state index contributed by atoms with van der Waals surface area (Å²) in [4.78, 5) is 11.3. The number of aliphatic hydroxyl groups excluding tert-OH is 5. The zero-order valence-corrected chi connectivity index (χ0v) is 11.4. The second kappa shape index (κ2) is 11.0. The highest BCUT2D eigenvalue weighted by molar-refractivity contribution is 5.69. The van der Waals surface area contributed by atoms with Gasteiger partial charge in [-0.2, -0.15) is 0 Å². The van der Waals surface area contributed by atoms with Crippen LogP contribution in [0.25, 0.3) is 0 Å². The number of hydrogen-bond acceptors (Lipinski definition) is 8. The molecule has 8 heteroatoms. The molecule has 0 saturated carbocycles. The van der Waals surface area contributed by atoms with Crippen molar-refractivity contribution >= 4 is 5.97 Å². The van der Waals surface area contributed by atoms with Crippen LogP contribution in [0.15, 0.2) is 0 Å². The highest BCUT2D eigenvalue weighted by Gasteiger charge is 2.30. The fourth-order valence-electron chi connectivity index (χ4n) is 1.50. The Morgan fingerprint density at radius 2 is 1.60 bits per heavy atom. The van der Waals surface area contributed by atoms with Gasteiger partial charge in [0.1, 0.15) is 31.0 Å². The molecule has 0 radical (unpaired) electrons. The highest BCUT2D eigenvalue weighted by Crippen LogP contribution is 2.07. The number of nitrogens with two attached hydrogens (primary N) is 1. The summed E-state index contributed by atoms with van der Waals surface area (Å²) in [6.45, 7) is -0.691. The molecule has 0 aromatic heterocycles. The van der Waals surface area contributed by atoms with Gasteiger partial charge in [-0.1, -0.05) is 6.42 Å². The van der Waals surface area contributed by atoms with E-state index in [1.807, 2.05) is 0 Å². The van der Waals surface area contributed by atoms with Crippen molar-refractivity contribution in [2.75, 3.05) is 19.8 Å². The molecule has 7 N–H and O–H groups in total. The lowest BCUT2D eigenvalue weighted by Crippen LogP contribution is -2.47. The third-order valence-corrected chi connectivity index (χ3v) is 2.83. The van der Waals surface area contributed by atoms with Gasteiger partial charge in [-0.05, 0) is 19.4 Å². The Morgan fingerprint density at radius 1 is 1.00 bits per heavy atom. The van der Waals surface area contributed by atoms with Crippen molar-refractivity contribution < 1.29 is 35.1 Å². The number of rotatable bonds is 11. The van der Waals surface area contributed by atoms with Gasteiger partial charge in [-0.15, -0.1) is 0 Å².